The van der Waals surface area contributed by atoms with E-state index in [2.05, 4.69) is 15.6 Å². The molecule has 146 valence electrons. The van der Waals surface area contributed by atoms with Gasteiger partial charge in [-0.2, -0.15) is 0 Å². The number of halogens is 1. The van der Waals surface area contributed by atoms with E-state index in [-0.39, 0.29) is 24.3 Å². The zero-order chi connectivity index (χ0) is 19.9. The van der Waals surface area contributed by atoms with E-state index in [0.717, 1.165) is 16.9 Å². The number of nitrogens with zero attached hydrogens (tertiary/aromatic N) is 1. The normalized spacial score (nSPS) is 11.8. The van der Waals surface area contributed by atoms with Crippen molar-refractivity contribution in [2.24, 2.45) is 0 Å². The average Bonchev–Trinajstić information content (AvgIpc) is 3.32. The fraction of sp³-hybridized carbons (Fsp3) is 0.250. The molecule has 0 aliphatic heterocycles. The maximum Gasteiger partial charge on any atom is 0.231 e. The molecule has 2 aromatic heterocycles. The lowest BCUT2D eigenvalue weighted by molar-refractivity contribution is -0.121. The quantitative estimate of drug-likeness (QED) is 0.533. The summed E-state index contributed by atoms with van der Waals surface area (Å²) in [5.41, 5.74) is 1.65. The molecule has 1 aromatic carbocycles. The molecular formula is C20H20ClN3O2S2. The largest absolute Gasteiger partial charge is 0.349 e. The fourth-order valence-electron chi connectivity index (χ4n) is 2.71. The highest BCUT2D eigenvalue weighted by atomic mass is 35.5. The van der Waals surface area contributed by atoms with Crippen molar-refractivity contribution in [2.75, 3.05) is 5.32 Å². The van der Waals surface area contributed by atoms with Crippen LogP contribution in [-0.2, 0) is 22.4 Å². The second-order valence-corrected chi connectivity index (χ2v) is 8.53. The van der Waals surface area contributed by atoms with Crippen LogP contribution in [-0.4, -0.2) is 16.8 Å². The Bertz CT molecular complexity index is 923. The third kappa shape index (κ3) is 5.89. The van der Waals surface area contributed by atoms with Gasteiger partial charge in [0.15, 0.2) is 5.13 Å². The van der Waals surface area contributed by atoms with Crippen molar-refractivity contribution in [3.8, 4) is 0 Å². The first-order valence-corrected chi connectivity index (χ1v) is 11.0. The zero-order valence-corrected chi connectivity index (χ0v) is 17.7. The van der Waals surface area contributed by atoms with Gasteiger partial charge >= 0.3 is 0 Å². The van der Waals surface area contributed by atoms with Gasteiger partial charge in [-0.25, -0.2) is 4.98 Å². The molecule has 0 aliphatic carbocycles. The summed E-state index contributed by atoms with van der Waals surface area (Å²) in [7, 11) is 0. The second kappa shape index (κ2) is 9.82. The van der Waals surface area contributed by atoms with Gasteiger partial charge in [-0.05, 0) is 35.6 Å². The van der Waals surface area contributed by atoms with Crippen LogP contribution in [0.4, 0.5) is 5.13 Å². The zero-order valence-electron chi connectivity index (χ0n) is 15.3. The van der Waals surface area contributed by atoms with Gasteiger partial charge < -0.3 is 10.6 Å². The number of aromatic nitrogens is 1. The number of amides is 2. The molecular weight excluding hydrogens is 414 g/mol. The Labute approximate surface area is 176 Å². The summed E-state index contributed by atoms with van der Waals surface area (Å²) in [5.74, 6) is -0.217. The summed E-state index contributed by atoms with van der Waals surface area (Å²) in [6.07, 6.45) is 1.27. The van der Waals surface area contributed by atoms with E-state index in [0.29, 0.717) is 22.3 Å². The number of thiophene rings is 1. The minimum absolute atomic E-state index is 0.0756. The van der Waals surface area contributed by atoms with E-state index in [9.17, 15) is 9.59 Å². The van der Waals surface area contributed by atoms with E-state index in [1.54, 1.807) is 16.7 Å². The molecule has 3 aromatic rings. The number of rotatable bonds is 8. The number of carbonyl (C=O) groups is 2. The fourth-order valence-corrected chi connectivity index (χ4v) is 4.26. The summed E-state index contributed by atoms with van der Waals surface area (Å²) in [6.45, 7) is 2.02. The highest BCUT2D eigenvalue weighted by Crippen LogP contribution is 2.20. The molecule has 0 aliphatic rings. The Morgan fingerprint density at radius 3 is 2.57 bits per heavy atom. The highest BCUT2D eigenvalue weighted by Gasteiger charge is 2.15. The van der Waals surface area contributed by atoms with E-state index in [4.69, 9.17) is 11.6 Å². The standard InChI is InChI=1S/C20H20ClN3O2S2/c1-2-17(13-5-7-14(21)8-6-13)23-18(25)10-15-12-28-20(22-15)24-19(26)11-16-4-3-9-27-16/h3-9,12,17H,2,10-11H2,1H3,(H,23,25)(H,22,24,26). The topological polar surface area (TPSA) is 71.1 Å². The lowest BCUT2D eigenvalue weighted by Crippen LogP contribution is -2.29. The Hall–Kier alpha value is -2.22. The summed E-state index contributed by atoms with van der Waals surface area (Å²) in [4.78, 5) is 29.8. The summed E-state index contributed by atoms with van der Waals surface area (Å²) in [5, 5.41) is 10.7. The minimum atomic E-state index is -0.110. The van der Waals surface area contributed by atoms with Gasteiger partial charge in [0, 0.05) is 15.3 Å². The number of benzene rings is 1. The van der Waals surface area contributed by atoms with Crippen molar-refractivity contribution >= 4 is 51.2 Å². The van der Waals surface area contributed by atoms with Gasteiger partial charge in [0.05, 0.1) is 24.6 Å². The van der Waals surface area contributed by atoms with E-state index < -0.39 is 0 Å². The van der Waals surface area contributed by atoms with Crippen molar-refractivity contribution in [2.45, 2.75) is 32.2 Å². The summed E-state index contributed by atoms with van der Waals surface area (Å²) in [6, 6.07) is 11.2. The third-order valence-corrected chi connectivity index (χ3v) is 6.01. The first kappa shape index (κ1) is 20.5. The Balaban J connectivity index is 1.52. The lowest BCUT2D eigenvalue weighted by atomic mass is 10.0. The van der Waals surface area contributed by atoms with Gasteiger partial charge in [-0.3, -0.25) is 9.59 Å². The molecule has 0 spiro atoms. The van der Waals surface area contributed by atoms with Gasteiger partial charge in [0.1, 0.15) is 0 Å². The molecule has 2 amide bonds. The molecule has 2 heterocycles. The molecule has 8 heteroatoms. The van der Waals surface area contributed by atoms with Crippen LogP contribution in [0.1, 0.15) is 35.5 Å². The maximum atomic E-state index is 12.4. The predicted octanol–water partition coefficient (Wildman–Crippen LogP) is 4.85. The van der Waals surface area contributed by atoms with Crippen molar-refractivity contribution in [3.05, 3.63) is 68.3 Å². The van der Waals surface area contributed by atoms with Crippen LogP contribution in [0.3, 0.4) is 0 Å². The van der Waals surface area contributed by atoms with Gasteiger partial charge in [-0.15, -0.1) is 22.7 Å². The van der Waals surface area contributed by atoms with Crippen LogP contribution in [0, 0.1) is 0 Å². The molecule has 28 heavy (non-hydrogen) atoms. The molecule has 0 saturated carbocycles. The first-order valence-electron chi connectivity index (χ1n) is 8.85. The number of hydrogen-bond donors (Lipinski definition) is 2. The number of thiazole rings is 1. The number of anilines is 1. The first-order chi connectivity index (χ1) is 13.5. The van der Waals surface area contributed by atoms with Crippen LogP contribution in [0.25, 0.3) is 0 Å². The van der Waals surface area contributed by atoms with Crippen molar-refractivity contribution in [3.63, 3.8) is 0 Å². The van der Waals surface area contributed by atoms with E-state index in [1.807, 2.05) is 48.7 Å². The Kier molecular flexibility index (Phi) is 7.19. The van der Waals surface area contributed by atoms with E-state index in [1.165, 1.54) is 11.3 Å². The second-order valence-electron chi connectivity index (χ2n) is 6.20. The predicted molar refractivity (Wildman–Crippen MR) is 115 cm³/mol. The number of nitrogens with one attached hydrogen (secondary N) is 2. The minimum Gasteiger partial charge on any atom is -0.349 e. The number of hydrogen-bond acceptors (Lipinski definition) is 5. The summed E-state index contributed by atoms with van der Waals surface area (Å²) >= 11 is 8.79. The van der Waals surface area contributed by atoms with Crippen LogP contribution in [0.15, 0.2) is 47.2 Å². The SMILES string of the molecule is CCC(NC(=O)Cc1csc(NC(=O)Cc2cccs2)n1)c1ccc(Cl)cc1. The highest BCUT2D eigenvalue weighted by molar-refractivity contribution is 7.14. The van der Waals surface area contributed by atoms with Crippen molar-refractivity contribution in [1.29, 1.82) is 0 Å². The van der Waals surface area contributed by atoms with Crippen LogP contribution in [0.5, 0.6) is 0 Å². The molecule has 0 fully saturated rings. The average molecular weight is 434 g/mol. The van der Waals surface area contributed by atoms with Crippen LogP contribution >= 0.6 is 34.3 Å². The molecule has 1 unspecified atom stereocenters. The molecule has 0 radical (unpaired) electrons. The Morgan fingerprint density at radius 2 is 1.89 bits per heavy atom. The lowest BCUT2D eigenvalue weighted by Gasteiger charge is -2.17. The molecule has 1 atom stereocenters. The molecule has 0 bridgehead atoms. The third-order valence-electron chi connectivity index (χ3n) is 4.07. The van der Waals surface area contributed by atoms with Gasteiger partial charge in [-0.1, -0.05) is 36.7 Å². The van der Waals surface area contributed by atoms with E-state index >= 15 is 0 Å². The monoisotopic (exact) mass is 433 g/mol. The maximum absolute atomic E-state index is 12.4. The summed E-state index contributed by atoms with van der Waals surface area (Å²) < 4.78 is 0. The number of carbonyl (C=O) groups excluding carboxylic acids is 2. The van der Waals surface area contributed by atoms with Crippen LogP contribution in [0.2, 0.25) is 5.02 Å². The molecule has 0 saturated heterocycles. The van der Waals surface area contributed by atoms with Crippen molar-refractivity contribution in [1.82, 2.24) is 10.3 Å². The van der Waals surface area contributed by atoms with Gasteiger partial charge in [0.25, 0.3) is 0 Å². The molecule has 2 N–H and O–H groups in total. The van der Waals surface area contributed by atoms with Crippen molar-refractivity contribution < 1.29 is 9.59 Å². The smallest absolute Gasteiger partial charge is 0.231 e. The van der Waals surface area contributed by atoms with Crippen LogP contribution < -0.4 is 10.6 Å². The van der Waals surface area contributed by atoms with Gasteiger partial charge in [0.2, 0.25) is 11.8 Å². The molecule has 3 rings (SSSR count). The molecule has 5 nitrogen and oxygen atoms in total. The Morgan fingerprint density at radius 1 is 1.11 bits per heavy atom.